The molecule has 4 aliphatic carbocycles. The number of hydrogen-bond acceptors (Lipinski definition) is 2. The van der Waals surface area contributed by atoms with Gasteiger partial charge in [0.25, 0.3) is 0 Å². The molecule has 0 aliphatic heterocycles. The third-order valence-corrected chi connectivity index (χ3v) is 11.1. The second kappa shape index (κ2) is 9.59. The molecule has 0 aromatic carbocycles. The van der Waals surface area contributed by atoms with Crippen molar-refractivity contribution in [2.75, 3.05) is 0 Å². The number of fused-ring (bicyclic) bond motifs is 5. The summed E-state index contributed by atoms with van der Waals surface area (Å²) in [6, 6.07) is 0. The molecular weight excluding hydrogens is 416 g/mol. The Kier molecular flexibility index (Phi) is 7.41. The van der Waals surface area contributed by atoms with Gasteiger partial charge in [-0.25, -0.2) is 0 Å². The average molecular weight is 471 g/mol. The van der Waals surface area contributed by atoms with Crippen LogP contribution in [0.5, 0.6) is 0 Å². The van der Waals surface area contributed by atoms with E-state index >= 15 is 0 Å². The Labute approximate surface area is 211 Å². The van der Waals surface area contributed by atoms with Gasteiger partial charge in [0.05, 0.1) is 5.41 Å². The predicted molar refractivity (Wildman–Crippen MR) is 142 cm³/mol. The van der Waals surface area contributed by atoms with Gasteiger partial charge in [0.2, 0.25) is 0 Å². The summed E-state index contributed by atoms with van der Waals surface area (Å²) in [7, 11) is 0. The molecule has 0 saturated heterocycles. The van der Waals surface area contributed by atoms with Crippen LogP contribution in [0.4, 0.5) is 0 Å². The van der Waals surface area contributed by atoms with E-state index < -0.39 is 5.41 Å². The van der Waals surface area contributed by atoms with E-state index in [4.69, 9.17) is 4.74 Å². The van der Waals surface area contributed by atoms with Gasteiger partial charge in [-0.2, -0.15) is 0 Å². The minimum absolute atomic E-state index is 0.0386. The second-order valence-corrected chi connectivity index (χ2v) is 14.8. The van der Waals surface area contributed by atoms with E-state index in [0.717, 1.165) is 48.3 Å². The average Bonchev–Trinajstić information content (AvgIpc) is 3.10. The van der Waals surface area contributed by atoms with Gasteiger partial charge in [-0.15, -0.1) is 0 Å². The van der Waals surface area contributed by atoms with Crippen molar-refractivity contribution < 1.29 is 9.53 Å². The molecule has 0 aromatic heterocycles. The summed E-state index contributed by atoms with van der Waals surface area (Å²) in [5.74, 6) is 5.22. The van der Waals surface area contributed by atoms with Crippen molar-refractivity contribution in [1.29, 1.82) is 0 Å². The fourth-order valence-corrected chi connectivity index (χ4v) is 9.08. The van der Waals surface area contributed by atoms with E-state index in [1.807, 2.05) is 20.8 Å². The van der Waals surface area contributed by atoms with Crippen molar-refractivity contribution in [3.05, 3.63) is 11.6 Å². The fraction of sp³-hybridized carbons (Fsp3) is 0.906. The minimum atomic E-state index is -0.411. The maximum atomic E-state index is 12.5. The van der Waals surface area contributed by atoms with Gasteiger partial charge in [0.1, 0.15) is 6.10 Å². The summed E-state index contributed by atoms with van der Waals surface area (Å²) >= 11 is 0. The zero-order valence-corrected chi connectivity index (χ0v) is 23.7. The van der Waals surface area contributed by atoms with E-state index in [0.29, 0.717) is 10.8 Å². The van der Waals surface area contributed by atoms with Crippen LogP contribution in [-0.2, 0) is 9.53 Å². The summed E-state index contributed by atoms with van der Waals surface area (Å²) in [5, 5.41) is 0. The van der Waals surface area contributed by atoms with Crippen LogP contribution in [0.3, 0.4) is 0 Å². The molecule has 3 saturated carbocycles. The Morgan fingerprint density at radius 3 is 2.44 bits per heavy atom. The molecule has 0 amide bonds. The first-order chi connectivity index (χ1) is 15.9. The number of ether oxygens (including phenoxy) is 1. The predicted octanol–water partition coefficient (Wildman–Crippen LogP) is 8.99. The molecule has 3 fully saturated rings. The fourth-order valence-electron chi connectivity index (χ4n) is 9.08. The molecule has 0 spiro atoms. The van der Waals surface area contributed by atoms with Gasteiger partial charge >= 0.3 is 5.97 Å². The van der Waals surface area contributed by atoms with E-state index in [2.05, 4.69) is 40.7 Å². The van der Waals surface area contributed by atoms with Crippen molar-refractivity contribution in [2.24, 2.45) is 51.8 Å². The highest BCUT2D eigenvalue weighted by atomic mass is 16.5. The van der Waals surface area contributed by atoms with E-state index in [1.54, 1.807) is 5.57 Å². The highest BCUT2D eigenvalue weighted by molar-refractivity contribution is 5.75. The van der Waals surface area contributed by atoms with Gasteiger partial charge in [0, 0.05) is 6.42 Å². The molecule has 0 N–H and O–H groups in total. The molecule has 34 heavy (non-hydrogen) atoms. The molecule has 0 aromatic rings. The minimum Gasteiger partial charge on any atom is -0.462 e. The summed E-state index contributed by atoms with van der Waals surface area (Å²) in [6.07, 6.45) is 17.2. The lowest BCUT2D eigenvalue weighted by atomic mass is 9.47. The summed E-state index contributed by atoms with van der Waals surface area (Å²) in [4.78, 5) is 12.5. The lowest BCUT2D eigenvalue weighted by molar-refractivity contribution is -0.161. The molecule has 8 atom stereocenters. The first kappa shape index (κ1) is 26.3. The largest absolute Gasteiger partial charge is 0.462 e. The van der Waals surface area contributed by atoms with Crippen molar-refractivity contribution in [3.8, 4) is 0 Å². The van der Waals surface area contributed by atoms with Crippen LogP contribution in [0, 0.1) is 51.8 Å². The molecule has 0 heterocycles. The highest BCUT2D eigenvalue weighted by Crippen LogP contribution is 2.67. The van der Waals surface area contributed by atoms with Crippen LogP contribution in [0.1, 0.15) is 126 Å². The van der Waals surface area contributed by atoms with Crippen LogP contribution in [0.2, 0.25) is 0 Å². The zero-order valence-electron chi connectivity index (χ0n) is 23.7. The molecular formula is C32H54O2. The summed E-state index contributed by atoms with van der Waals surface area (Å²) < 4.78 is 5.98. The topological polar surface area (TPSA) is 26.3 Å². The molecule has 2 nitrogen and oxygen atoms in total. The first-order valence-electron chi connectivity index (χ1n) is 14.8. The third-order valence-electron chi connectivity index (χ3n) is 11.1. The maximum absolute atomic E-state index is 12.5. The quantitative estimate of drug-likeness (QED) is 0.286. The number of carbonyl (C=O) groups is 1. The standard InChI is InChI=1S/C32H54O2/c1-21(2)10-9-11-22(3)26-14-15-27-25-13-12-23-20-24(34-29(33)30(4,5)6)16-18-31(23,7)28(25)17-19-32(26,27)8/h12,21-22,24-28H,9-11,13-20H2,1-8H3/t22-,24+,25+,26-,27+,28+,31+,32-/m1/s1. The molecule has 0 radical (unpaired) electrons. The summed E-state index contributed by atoms with van der Waals surface area (Å²) in [5.41, 5.74) is 2.09. The van der Waals surface area contributed by atoms with E-state index in [-0.39, 0.29) is 12.1 Å². The van der Waals surface area contributed by atoms with Gasteiger partial charge < -0.3 is 4.74 Å². The number of hydrogen-bond donors (Lipinski definition) is 0. The Hall–Kier alpha value is -0.790. The molecule has 0 bridgehead atoms. The second-order valence-electron chi connectivity index (χ2n) is 14.8. The van der Waals surface area contributed by atoms with Crippen molar-refractivity contribution in [3.63, 3.8) is 0 Å². The van der Waals surface area contributed by atoms with Crippen LogP contribution < -0.4 is 0 Å². The maximum Gasteiger partial charge on any atom is 0.311 e. The normalized spacial score (nSPS) is 40.7. The third kappa shape index (κ3) is 4.78. The molecule has 2 heteroatoms. The lowest BCUT2D eigenvalue weighted by Crippen LogP contribution is -2.51. The van der Waals surface area contributed by atoms with E-state index in [1.165, 1.54) is 57.8 Å². The smallest absolute Gasteiger partial charge is 0.311 e. The van der Waals surface area contributed by atoms with Crippen LogP contribution >= 0.6 is 0 Å². The van der Waals surface area contributed by atoms with Gasteiger partial charge in [-0.1, -0.05) is 65.5 Å². The SMILES string of the molecule is CC(C)CCC[C@@H](C)[C@H]1CC[C@H]2[C@@H]3CC=C4C[C@@H](OC(=O)C(C)(C)C)CC[C@]4(C)[C@H]3CC[C@]12C. The van der Waals surface area contributed by atoms with Crippen LogP contribution in [0.15, 0.2) is 11.6 Å². The van der Waals surface area contributed by atoms with Crippen molar-refractivity contribution >= 4 is 5.97 Å². The van der Waals surface area contributed by atoms with Crippen LogP contribution in [0.25, 0.3) is 0 Å². The Bertz CT molecular complexity index is 772. The number of allylic oxidation sites excluding steroid dienone is 1. The van der Waals surface area contributed by atoms with Gasteiger partial charge in [-0.05, 0) is 112 Å². The Morgan fingerprint density at radius 2 is 1.76 bits per heavy atom. The first-order valence-corrected chi connectivity index (χ1v) is 14.8. The monoisotopic (exact) mass is 470 g/mol. The van der Waals surface area contributed by atoms with E-state index in [9.17, 15) is 4.79 Å². The molecule has 4 rings (SSSR count). The molecule has 0 unspecified atom stereocenters. The number of esters is 1. The number of carbonyl (C=O) groups excluding carboxylic acids is 1. The molecule has 4 aliphatic rings. The van der Waals surface area contributed by atoms with Crippen molar-refractivity contribution in [2.45, 2.75) is 132 Å². The number of rotatable bonds is 6. The summed E-state index contributed by atoms with van der Waals surface area (Å²) in [6.45, 7) is 18.5. The van der Waals surface area contributed by atoms with Crippen molar-refractivity contribution in [1.82, 2.24) is 0 Å². The van der Waals surface area contributed by atoms with Crippen LogP contribution in [-0.4, -0.2) is 12.1 Å². The van der Waals surface area contributed by atoms with Gasteiger partial charge in [-0.3, -0.25) is 4.79 Å². The Morgan fingerprint density at radius 1 is 1.03 bits per heavy atom. The molecule has 194 valence electrons. The Balaban J connectivity index is 1.44. The lowest BCUT2D eigenvalue weighted by Gasteiger charge is -2.58. The van der Waals surface area contributed by atoms with Gasteiger partial charge in [0.15, 0.2) is 0 Å². The highest BCUT2D eigenvalue weighted by Gasteiger charge is 2.59. The zero-order chi connectivity index (χ0) is 24.9.